The van der Waals surface area contributed by atoms with Crippen molar-refractivity contribution in [2.24, 2.45) is 0 Å². The Hall–Kier alpha value is -2.14. The van der Waals surface area contributed by atoms with E-state index in [0.717, 1.165) is 29.1 Å². The molecule has 0 radical (unpaired) electrons. The molecule has 4 N–H and O–H groups in total. The molecule has 5 nitrogen and oxygen atoms in total. The monoisotopic (exact) mass is 258 g/mol. The lowest BCUT2D eigenvalue weighted by molar-refractivity contribution is 0.223. The van der Waals surface area contributed by atoms with Gasteiger partial charge in [0.25, 0.3) is 0 Å². The van der Waals surface area contributed by atoms with Crippen LogP contribution in [0.1, 0.15) is 19.5 Å². The Labute approximate surface area is 112 Å². The molecule has 0 amide bonds. The van der Waals surface area contributed by atoms with E-state index in [1.165, 1.54) is 0 Å². The summed E-state index contributed by atoms with van der Waals surface area (Å²) in [5, 5.41) is 12.2. The summed E-state index contributed by atoms with van der Waals surface area (Å²) in [7, 11) is 0. The molecular weight excluding hydrogens is 240 g/mol. The van der Waals surface area contributed by atoms with E-state index in [9.17, 15) is 5.11 Å². The molecule has 19 heavy (non-hydrogen) atoms. The number of rotatable bonds is 4. The standard InChI is InChI=1S/C14H18N4O/c1-3-12-14(17-9(2)19)16-8-13(18-12)10-4-6-11(15)7-5-10/h4-9,19H,3,15H2,1-2H3,(H,16,17). The minimum absolute atomic E-state index is 0.622. The zero-order valence-corrected chi connectivity index (χ0v) is 11.1. The highest BCUT2D eigenvalue weighted by Crippen LogP contribution is 2.21. The summed E-state index contributed by atoms with van der Waals surface area (Å²) in [6, 6.07) is 7.51. The van der Waals surface area contributed by atoms with Crippen LogP contribution in [0.5, 0.6) is 0 Å². The fourth-order valence-electron chi connectivity index (χ4n) is 1.79. The van der Waals surface area contributed by atoms with E-state index in [2.05, 4.69) is 15.3 Å². The van der Waals surface area contributed by atoms with Crippen molar-refractivity contribution in [2.45, 2.75) is 26.5 Å². The molecule has 1 unspecified atom stereocenters. The number of nitrogen functional groups attached to an aromatic ring is 1. The van der Waals surface area contributed by atoms with E-state index in [1.807, 2.05) is 31.2 Å². The lowest BCUT2D eigenvalue weighted by atomic mass is 10.1. The predicted molar refractivity (Wildman–Crippen MR) is 76.6 cm³/mol. The van der Waals surface area contributed by atoms with Crippen LogP contribution in [0.25, 0.3) is 11.3 Å². The molecule has 1 heterocycles. The van der Waals surface area contributed by atoms with E-state index in [1.54, 1.807) is 13.1 Å². The number of hydrogen-bond acceptors (Lipinski definition) is 5. The molecular formula is C14H18N4O. The first kappa shape index (κ1) is 13.3. The van der Waals surface area contributed by atoms with Crippen molar-refractivity contribution in [3.63, 3.8) is 0 Å². The maximum absolute atomic E-state index is 9.35. The number of nitrogens with two attached hydrogens (primary N) is 1. The summed E-state index contributed by atoms with van der Waals surface area (Å²) in [4.78, 5) is 8.89. The molecule has 0 saturated carbocycles. The zero-order valence-electron chi connectivity index (χ0n) is 11.1. The van der Waals surface area contributed by atoms with Crippen molar-refractivity contribution in [3.05, 3.63) is 36.2 Å². The van der Waals surface area contributed by atoms with Gasteiger partial charge in [-0.2, -0.15) is 0 Å². The lowest BCUT2D eigenvalue weighted by Crippen LogP contribution is -2.16. The SMILES string of the molecule is CCc1nc(-c2ccc(N)cc2)cnc1NC(C)O. The second-order valence-corrected chi connectivity index (χ2v) is 4.35. The van der Waals surface area contributed by atoms with Crippen LogP contribution >= 0.6 is 0 Å². The third kappa shape index (κ3) is 3.20. The van der Waals surface area contributed by atoms with Crippen LogP contribution in [-0.4, -0.2) is 21.3 Å². The van der Waals surface area contributed by atoms with Gasteiger partial charge in [0.1, 0.15) is 12.0 Å². The highest BCUT2D eigenvalue weighted by atomic mass is 16.3. The van der Waals surface area contributed by atoms with Gasteiger partial charge < -0.3 is 16.2 Å². The average molecular weight is 258 g/mol. The molecule has 0 fully saturated rings. The minimum Gasteiger partial charge on any atom is -0.399 e. The van der Waals surface area contributed by atoms with Crippen LogP contribution in [-0.2, 0) is 6.42 Å². The molecule has 2 rings (SSSR count). The fourth-order valence-corrected chi connectivity index (χ4v) is 1.79. The average Bonchev–Trinajstić information content (AvgIpc) is 2.39. The van der Waals surface area contributed by atoms with E-state index < -0.39 is 6.23 Å². The van der Waals surface area contributed by atoms with Gasteiger partial charge in [-0.3, -0.25) is 0 Å². The molecule has 0 aliphatic rings. The highest BCUT2D eigenvalue weighted by Gasteiger charge is 2.08. The number of aromatic nitrogens is 2. The van der Waals surface area contributed by atoms with Crippen molar-refractivity contribution < 1.29 is 5.11 Å². The van der Waals surface area contributed by atoms with Crippen molar-refractivity contribution in [3.8, 4) is 11.3 Å². The Morgan fingerprint density at radius 3 is 2.58 bits per heavy atom. The zero-order chi connectivity index (χ0) is 13.8. The number of aryl methyl sites for hydroxylation is 1. The molecule has 100 valence electrons. The van der Waals surface area contributed by atoms with Crippen LogP contribution < -0.4 is 11.1 Å². The number of benzene rings is 1. The van der Waals surface area contributed by atoms with Crippen molar-refractivity contribution in [2.75, 3.05) is 11.1 Å². The van der Waals surface area contributed by atoms with Crippen LogP contribution in [0.15, 0.2) is 30.5 Å². The Balaban J connectivity index is 2.35. The van der Waals surface area contributed by atoms with Crippen molar-refractivity contribution in [1.29, 1.82) is 0 Å². The highest BCUT2D eigenvalue weighted by molar-refractivity contribution is 5.62. The lowest BCUT2D eigenvalue weighted by Gasteiger charge is -2.12. The summed E-state index contributed by atoms with van der Waals surface area (Å²) in [5.74, 6) is 0.622. The topological polar surface area (TPSA) is 84.1 Å². The normalized spacial score (nSPS) is 12.2. The van der Waals surface area contributed by atoms with E-state index in [4.69, 9.17) is 5.73 Å². The Morgan fingerprint density at radius 1 is 1.32 bits per heavy atom. The van der Waals surface area contributed by atoms with E-state index in [-0.39, 0.29) is 0 Å². The molecule has 0 saturated heterocycles. The van der Waals surface area contributed by atoms with Crippen molar-refractivity contribution in [1.82, 2.24) is 9.97 Å². The molecule has 0 aliphatic carbocycles. The van der Waals surface area contributed by atoms with Gasteiger partial charge in [-0.25, -0.2) is 9.97 Å². The number of nitrogens with zero attached hydrogens (tertiary/aromatic N) is 2. The molecule has 1 atom stereocenters. The molecule has 2 aromatic rings. The third-order valence-electron chi connectivity index (χ3n) is 2.73. The molecule has 1 aromatic heterocycles. The number of hydrogen-bond donors (Lipinski definition) is 3. The summed E-state index contributed by atoms with van der Waals surface area (Å²) >= 11 is 0. The van der Waals surface area contributed by atoms with Gasteiger partial charge in [-0.05, 0) is 25.5 Å². The maximum Gasteiger partial charge on any atom is 0.149 e. The molecule has 0 bridgehead atoms. The van der Waals surface area contributed by atoms with Crippen LogP contribution in [0, 0.1) is 0 Å². The summed E-state index contributed by atoms with van der Waals surface area (Å²) in [6.07, 6.45) is 1.78. The maximum atomic E-state index is 9.35. The Kier molecular flexibility index (Phi) is 3.97. The summed E-state index contributed by atoms with van der Waals surface area (Å²) in [6.45, 7) is 3.65. The minimum atomic E-state index is -0.651. The quantitative estimate of drug-likeness (QED) is 0.577. The first-order valence-corrected chi connectivity index (χ1v) is 6.26. The summed E-state index contributed by atoms with van der Waals surface area (Å²) < 4.78 is 0. The van der Waals surface area contributed by atoms with Gasteiger partial charge >= 0.3 is 0 Å². The van der Waals surface area contributed by atoms with E-state index in [0.29, 0.717) is 5.82 Å². The third-order valence-corrected chi connectivity index (χ3v) is 2.73. The fraction of sp³-hybridized carbons (Fsp3) is 0.286. The number of nitrogens with one attached hydrogen (secondary N) is 1. The van der Waals surface area contributed by atoms with Gasteiger partial charge in [-0.1, -0.05) is 19.1 Å². The second kappa shape index (κ2) is 5.67. The number of anilines is 2. The van der Waals surface area contributed by atoms with E-state index >= 15 is 0 Å². The molecule has 5 heteroatoms. The second-order valence-electron chi connectivity index (χ2n) is 4.35. The summed E-state index contributed by atoms with van der Waals surface area (Å²) in [5.41, 5.74) is 8.99. The van der Waals surface area contributed by atoms with Gasteiger partial charge in [0.15, 0.2) is 0 Å². The number of aliphatic hydroxyl groups is 1. The van der Waals surface area contributed by atoms with Crippen molar-refractivity contribution >= 4 is 11.5 Å². The smallest absolute Gasteiger partial charge is 0.149 e. The predicted octanol–water partition coefficient (Wildman–Crippen LogP) is 2.04. The first-order valence-electron chi connectivity index (χ1n) is 6.26. The first-order chi connectivity index (χ1) is 9.10. The molecule has 0 aliphatic heterocycles. The van der Waals surface area contributed by atoms with Gasteiger partial charge in [0.05, 0.1) is 17.6 Å². The van der Waals surface area contributed by atoms with Crippen LogP contribution in [0.3, 0.4) is 0 Å². The Bertz CT molecular complexity index is 552. The van der Waals surface area contributed by atoms with Crippen LogP contribution in [0.4, 0.5) is 11.5 Å². The Morgan fingerprint density at radius 2 is 2.00 bits per heavy atom. The number of aliphatic hydroxyl groups excluding tert-OH is 1. The van der Waals surface area contributed by atoms with Gasteiger partial charge in [-0.15, -0.1) is 0 Å². The van der Waals surface area contributed by atoms with Crippen LogP contribution in [0.2, 0.25) is 0 Å². The van der Waals surface area contributed by atoms with Gasteiger partial charge in [0, 0.05) is 11.3 Å². The van der Waals surface area contributed by atoms with Gasteiger partial charge in [0.2, 0.25) is 0 Å². The largest absolute Gasteiger partial charge is 0.399 e. The molecule has 0 spiro atoms. The molecule has 1 aromatic carbocycles.